The van der Waals surface area contributed by atoms with Gasteiger partial charge >= 0.3 is 6.01 Å². The number of hydrogen-bond donors (Lipinski definition) is 2. The Kier molecular flexibility index (Phi) is 8.43. The predicted molar refractivity (Wildman–Crippen MR) is 190 cm³/mol. The van der Waals surface area contributed by atoms with Crippen molar-refractivity contribution in [2.75, 3.05) is 58.5 Å². The fourth-order valence-electron chi connectivity index (χ4n) is 8.45. The zero-order chi connectivity index (χ0) is 36.5. The van der Waals surface area contributed by atoms with Crippen LogP contribution in [0.3, 0.4) is 0 Å². The molecule has 2 saturated heterocycles. The number of aromatic hydroxyl groups is 1. The lowest BCUT2D eigenvalue weighted by molar-refractivity contribution is 0.0411. The van der Waals surface area contributed by atoms with Crippen LogP contribution >= 0.6 is 0 Å². The van der Waals surface area contributed by atoms with Crippen LogP contribution in [0.2, 0.25) is 0 Å². The molecule has 1 aliphatic carbocycles. The van der Waals surface area contributed by atoms with Crippen molar-refractivity contribution in [2.45, 2.75) is 43.7 Å². The van der Waals surface area contributed by atoms with Crippen LogP contribution in [0.15, 0.2) is 30.5 Å². The summed E-state index contributed by atoms with van der Waals surface area (Å²) in [5.74, 6) is -1.78. The number of piperazine rings is 1. The molecule has 3 aromatic carbocycles. The minimum absolute atomic E-state index is 0.0169. The topological polar surface area (TPSA) is 101 Å². The van der Waals surface area contributed by atoms with E-state index in [0.717, 1.165) is 38.9 Å². The van der Waals surface area contributed by atoms with Crippen LogP contribution < -0.4 is 15.0 Å². The van der Waals surface area contributed by atoms with Crippen molar-refractivity contribution >= 4 is 38.4 Å². The highest BCUT2D eigenvalue weighted by molar-refractivity contribution is 6.18. The van der Waals surface area contributed by atoms with Gasteiger partial charge < -0.3 is 24.8 Å². The molecule has 5 aromatic rings. The van der Waals surface area contributed by atoms with Crippen LogP contribution in [0.5, 0.6) is 11.8 Å². The Balaban J connectivity index is 1.36. The lowest BCUT2D eigenvalue weighted by Gasteiger charge is -2.42. The Bertz CT molecular complexity index is 2260. The summed E-state index contributed by atoms with van der Waals surface area (Å²) in [6.45, 7) is 2.68. The van der Waals surface area contributed by atoms with Crippen molar-refractivity contribution in [1.29, 1.82) is 0 Å². The largest absolute Gasteiger partial charge is 0.508 e. The number of nitrogens with one attached hydrogen (secondary N) is 1. The first-order chi connectivity index (χ1) is 25.0. The van der Waals surface area contributed by atoms with Gasteiger partial charge in [-0.05, 0) is 55.5 Å². The fraction of sp³-hybridized carbons (Fsp3) is 0.447. The van der Waals surface area contributed by atoms with Crippen molar-refractivity contribution in [1.82, 2.24) is 30.0 Å². The molecule has 3 aliphatic rings. The van der Waals surface area contributed by atoms with E-state index in [1.807, 2.05) is 0 Å². The number of rotatable bonds is 11. The normalized spacial score (nSPS) is 22.5. The summed E-state index contributed by atoms with van der Waals surface area (Å²) in [6.07, 6.45) is 9.84. The number of alkyl halides is 2. The van der Waals surface area contributed by atoms with Crippen molar-refractivity contribution in [3.05, 3.63) is 47.7 Å². The average molecular weight is 718 g/mol. The molecule has 0 spiro atoms. The quantitative estimate of drug-likeness (QED) is 0.103. The van der Waals surface area contributed by atoms with Crippen molar-refractivity contribution in [3.8, 4) is 35.2 Å². The number of phenols is 1. The molecule has 0 amide bonds. The summed E-state index contributed by atoms with van der Waals surface area (Å²) in [6, 6.07) is 5.29. The number of nitrogens with zero attached hydrogens (tertiary/aromatic N) is 6. The first-order valence-corrected chi connectivity index (χ1v) is 17.4. The third-order valence-electron chi connectivity index (χ3n) is 10.9. The molecule has 1 saturated carbocycles. The van der Waals surface area contributed by atoms with Gasteiger partial charge in [-0.25, -0.2) is 17.6 Å². The second-order valence-corrected chi connectivity index (χ2v) is 14.3. The van der Waals surface area contributed by atoms with Gasteiger partial charge in [0.2, 0.25) is 0 Å². The molecule has 14 heteroatoms. The number of terminal acetylenes is 1. The third-order valence-corrected chi connectivity index (χ3v) is 10.9. The van der Waals surface area contributed by atoms with Gasteiger partial charge in [-0.3, -0.25) is 9.58 Å². The molecule has 2 N–H and O–H groups in total. The van der Waals surface area contributed by atoms with E-state index in [-0.39, 0.29) is 76.5 Å². The second-order valence-electron chi connectivity index (χ2n) is 14.3. The van der Waals surface area contributed by atoms with Gasteiger partial charge in [0.1, 0.15) is 35.0 Å². The molecule has 2 bridgehead atoms. The molecule has 4 heterocycles. The van der Waals surface area contributed by atoms with Crippen molar-refractivity contribution in [2.24, 2.45) is 12.5 Å². The maximum atomic E-state index is 17.6. The number of halogens is 4. The van der Waals surface area contributed by atoms with Crippen molar-refractivity contribution in [3.63, 3.8) is 0 Å². The number of likely N-dealkylation sites (tertiary alicyclic amines) is 1. The van der Waals surface area contributed by atoms with E-state index in [4.69, 9.17) is 20.9 Å². The van der Waals surface area contributed by atoms with Gasteiger partial charge in [0, 0.05) is 88.0 Å². The highest BCUT2D eigenvalue weighted by Crippen LogP contribution is 2.60. The molecular weight excluding hydrogens is 678 g/mol. The summed E-state index contributed by atoms with van der Waals surface area (Å²) in [4.78, 5) is 14.1. The maximum Gasteiger partial charge on any atom is 0.319 e. The highest BCUT2D eigenvalue weighted by atomic mass is 19.3. The molecule has 272 valence electrons. The van der Waals surface area contributed by atoms with Crippen LogP contribution in [0, 0.1) is 29.4 Å². The van der Waals surface area contributed by atoms with Crippen LogP contribution in [0.4, 0.5) is 23.4 Å². The van der Waals surface area contributed by atoms with E-state index in [1.54, 1.807) is 32.1 Å². The van der Waals surface area contributed by atoms with Gasteiger partial charge in [0.15, 0.2) is 5.82 Å². The lowest BCUT2D eigenvalue weighted by Crippen LogP contribution is -2.54. The summed E-state index contributed by atoms with van der Waals surface area (Å²) in [5.41, 5.74) is -1.33. The summed E-state index contributed by atoms with van der Waals surface area (Å²) < 4.78 is 74.9. The van der Waals surface area contributed by atoms with E-state index in [0.29, 0.717) is 28.6 Å². The van der Waals surface area contributed by atoms with Crippen LogP contribution in [-0.2, 0) is 11.8 Å². The number of benzene rings is 3. The predicted octanol–water partition coefficient (Wildman–Crippen LogP) is 5.61. The van der Waals surface area contributed by atoms with Gasteiger partial charge in [0.25, 0.3) is 5.92 Å². The van der Waals surface area contributed by atoms with E-state index in [1.165, 1.54) is 24.3 Å². The van der Waals surface area contributed by atoms with Gasteiger partial charge in [0.05, 0.1) is 16.4 Å². The Morgan fingerprint density at radius 3 is 2.52 bits per heavy atom. The fourth-order valence-corrected chi connectivity index (χ4v) is 8.45. The number of hydrogen-bond acceptors (Lipinski definition) is 9. The molecule has 8 rings (SSSR count). The molecular formula is C38H39F4N7O3. The number of fused-ring (bicyclic) bond motifs is 6. The maximum absolute atomic E-state index is 17.6. The average Bonchev–Trinajstić information content (AvgIpc) is 3.29. The Labute approximate surface area is 297 Å². The van der Waals surface area contributed by atoms with Crippen LogP contribution in [0.25, 0.3) is 43.7 Å². The summed E-state index contributed by atoms with van der Waals surface area (Å²) >= 11 is 0. The molecule has 2 aromatic heterocycles. The SMILES string of the molecule is C#Cc1c(F)ccc2cc(O)cc(-c3c(F)c4nc(OC[C@]5(CNC)CC5(F)F)nc(N5C6CCC5CN(CCCOC)C6)c4c4cn(C)nc34)c12. The van der Waals surface area contributed by atoms with E-state index in [2.05, 4.69) is 31.1 Å². The number of anilines is 1. The van der Waals surface area contributed by atoms with Crippen molar-refractivity contribution < 1.29 is 32.1 Å². The molecule has 3 fully saturated rings. The third kappa shape index (κ3) is 5.48. The first kappa shape index (κ1) is 34.4. The zero-order valence-electron chi connectivity index (χ0n) is 29.1. The summed E-state index contributed by atoms with van der Waals surface area (Å²) in [5, 5.41) is 19.9. The Hall–Kier alpha value is -4.71. The van der Waals surface area contributed by atoms with Gasteiger partial charge in [-0.1, -0.05) is 12.0 Å². The molecule has 52 heavy (non-hydrogen) atoms. The molecule has 3 atom stereocenters. The number of aromatic nitrogens is 4. The Morgan fingerprint density at radius 1 is 1.10 bits per heavy atom. The van der Waals surface area contributed by atoms with E-state index >= 15 is 8.78 Å². The zero-order valence-corrected chi connectivity index (χ0v) is 29.1. The summed E-state index contributed by atoms with van der Waals surface area (Å²) in [7, 11) is 4.99. The molecule has 10 nitrogen and oxygen atoms in total. The molecule has 2 unspecified atom stereocenters. The number of methoxy groups -OCH3 is 1. The number of aryl methyl sites for hydroxylation is 1. The van der Waals surface area contributed by atoms with E-state index in [9.17, 15) is 13.9 Å². The smallest absolute Gasteiger partial charge is 0.319 e. The van der Waals surface area contributed by atoms with Gasteiger partial charge in [-0.15, -0.1) is 6.42 Å². The Morgan fingerprint density at radius 2 is 1.85 bits per heavy atom. The van der Waals surface area contributed by atoms with E-state index < -0.39 is 23.0 Å². The monoisotopic (exact) mass is 717 g/mol. The number of ether oxygens (including phenoxy) is 2. The first-order valence-electron chi connectivity index (χ1n) is 17.4. The minimum atomic E-state index is -2.94. The van der Waals surface area contributed by atoms with Gasteiger partial charge in [-0.2, -0.15) is 15.1 Å². The standard InChI is InChI=1S/C38H39F4N7O3/c1-5-25-28(39)10-7-21-13-24(50)14-26(29(21)25)30-32(40)34-31(27-17-47(3)46-33(27)30)35(45-36(44-34)52-20-37(19-43-2)18-38(37,41)42)49-22-8-9-23(49)16-48(15-22)11-6-12-51-4/h1,7,10,13-14,17,22-23,43,50H,6,8-9,11-12,15-16,18-20H2,2-4H3/t22?,23?,37-/m1/s1. The number of phenolic OH excluding ortho intramolecular Hbond substituents is 1. The van der Waals surface area contributed by atoms with Crippen LogP contribution in [-0.4, -0.2) is 101 Å². The molecule has 2 aliphatic heterocycles. The van der Waals surface area contributed by atoms with Crippen LogP contribution in [0.1, 0.15) is 31.2 Å². The highest BCUT2D eigenvalue weighted by Gasteiger charge is 2.71. The molecule has 0 radical (unpaired) electrons. The second kappa shape index (κ2) is 12.8. The minimum Gasteiger partial charge on any atom is -0.508 e. The lowest BCUT2D eigenvalue weighted by atomic mass is 9.91.